The maximum atomic E-state index is 14.0. The number of aromatic nitrogens is 3. The summed E-state index contributed by atoms with van der Waals surface area (Å²) < 4.78 is 33.0. The number of benzene rings is 2. The normalized spacial score (nSPS) is 10.8. The van der Waals surface area contributed by atoms with E-state index in [0.29, 0.717) is 22.3 Å². The van der Waals surface area contributed by atoms with E-state index in [2.05, 4.69) is 15.0 Å². The largest absolute Gasteiger partial charge is 0.493 e. The Kier molecular flexibility index (Phi) is 4.44. The molecule has 0 unspecified atom stereocenters. The van der Waals surface area contributed by atoms with E-state index in [9.17, 15) is 13.9 Å². The molecule has 1 N–H and O–H groups in total. The number of hydrogen-bond donors (Lipinski definition) is 1. The number of anilines is 2. The van der Waals surface area contributed by atoms with Gasteiger partial charge in [0.15, 0.2) is 0 Å². The molecule has 6 nitrogen and oxygen atoms in total. The van der Waals surface area contributed by atoms with Crippen LogP contribution in [0, 0.1) is 11.6 Å². The Morgan fingerprint density at radius 1 is 1.00 bits per heavy atom. The van der Waals surface area contributed by atoms with Crippen molar-refractivity contribution in [1.29, 1.82) is 0 Å². The first kappa shape index (κ1) is 17.6. The highest BCUT2D eigenvalue weighted by Crippen LogP contribution is 2.30. The molecule has 0 atom stereocenters. The van der Waals surface area contributed by atoms with Crippen LogP contribution >= 0.6 is 0 Å². The average Bonchev–Trinajstić information content (AvgIpc) is 2.70. The van der Waals surface area contributed by atoms with Gasteiger partial charge in [0.25, 0.3) is 0 Å². The zero-order chi connectivity index (χ0) is 19.7. The third-order valence-corrected chi connectivity index (χ3v) is 4.16. The number of fused-ring (bicyclic) bond motifs is 1. The Bertz CT molecular complexity index is 1150. The first-order valence-electron chi connectivity index (χ1n) is 8.29. The molecule has 0 aliphatic carbocycles. The van der Waals surface area contributed by atoms with Gasteiger partial charge in [-0.3, -0.25) is 4.98 Å². The van der Waals surface area contributed by atoms with Crippen molar-refractivity contribution in [2.45, 2.75) is 0 Å². The van der Waals surface area contributed by atoms with Crippen LogP contribution in [0.1, 0.15) is 0 Å². The lowest BCUT2D eigenvalue weighted by Gasteiger charge is -2.20. The number of aromatic hydroxyl groups is 1. The number of ether oxygens (including phenoxy) is 1. The van der Waals surface area contributed by atoms with E-state index in [1.54, 1.807) is 37.4 Å². The Balaban J connectivity index is 1.57. The zero-order valence-corrected chi connectivity index (χ0v) is 14.7. The zero-order valence-electron chi connectivity index (χ0n) is 14.7. The number of rotatable bonds is 4. The first-order chi connectivity index (χ1) is 13.5. The summed E-state index contributed by atoms with van der Waals surface area (Å²) in [6.07, 6.45) is 3.03. The van der Waals surface area contributed by atoms with Crippen LogP contribution in [0.4, 0.5) is 20.2 Å². The molecule has 2 heterocycles. The molecule has 0 aliphatic rings. The molecule has 0 bridgehead atoms. The van der Waals surface area contributed by atoms with E-state index < -0.39 is 11.6 Å². The van der Waals surface area contributed by atoms with Crippen molar-refractivity contribution in [1.82, 2.24) is 15.0 Å². The third kappa shape index (κ3) is 3.39. The summed E-state index contributed by atoms with van der Waals surface area (Å²) in [6, 6.07) is 11.5. The third-order valence-electron chi connectivity index (χ3n) is 4.16. The highest BCUT2D eigenvalue weighted by atomic mass is 19.1. The van der Waals surface area contributed by atoms with Gasteiger partial charge in [-0.2, -0.15) is 9.97 Å². The van der Waals surface area contributed by atoms with Crippen LogP contribution in [0.15, 0.2) is 60.9 Å². The lowest BCUT2D eigenvalue weighted by Crippen LogP contribution is -2.11. The van der Waals surface area contributed by atoms with E-state index in [-0.39, 0.29) is 17.6 Å². The maximum absolute atomic E-state index is 14.0. The summed E-state index contributed by atoms with van der Waals surface area (Å²) in [4.78, 5) is 13.6. The standard InChI is InChI=1S/C20H14F2N4O2/c1-26(18-10-12(21)2-7-16(18)22)13-3-5-14(6-4-13)28-20-24-17-11-23-9-8-15(17)19(27)25-20/h2-11H,1H3,(H,24,25,27). The molecular formula is C20H14F2N4O2. The molecule has 0 radical (unpaired) electrons. The van der Waals surface area contributed by atoms with Crippen molar-refractivity contribution in [2.24, 2.45) is 0 Å². The predicted molar refractivity (Wildman–Crippen MR) is 99.9 cm³/mol. The number of hydrogen-bond acceptors (Lipinski definition) is 6. The predicted octanol–water partition coefficient (Wildman–Crippen LogP) is 4.57. The van der Waals surface area contributed by atoms with Crippen molar-refractivity contribution in [3.05, 3.63) is 72.6 Å². The Hall–Kier alpha value is -3.81. The highest BCUT2D eigenvalue weighted by molar-refractivity contribution is 5.82. The quantitative estimate of drug-likeness (QED) is 0.559. The van der Waals surface area contributed by atoms with Crippen molar-refractivity contribution in [2.75, 3.05) is 11.9 Å². The molecule has 2 aromatic heterocycles. The highest BCUT2D eigenvalue weighted by Gasteiger charge is 2.12. The van der Waals surface area contributed by atoms with Gasteiger partial charge in [0.05, 0.1) is 22.8 Å². The Labute approximate surface area is 158 Å². The number of pyridine rings is 1. The second-order valence-electron chi connectivity index (χ2n) is 5.97. The van der Waals surface area contributed by atoms with Crippen molar-refractivity contribution in [3.63, 3.8) is 0 Å². The maximum Gasteiger partial charge on any atom is 0.325 e. The molecule has 2 aromatic carbocycles. The minimum Gasteiger partial charge on any atom is -0.493 e. The topological polar surface area (TPSA) is 71.4 Å². The van der Waals surface area contributed by atoms with Crippen LogP contribution in [0.5, 0.6) is 17.6 Å². The van der Waals surface area contributed by atoms with E-state index in [4.69, 9.17) is 4.74 Å². The van der Waals surface area contributed by atoms with Gasteiger partial charge >= 0.3 is 6.01 Å². The van der Waals surface area contributed by atoms with Gasteiger partial charge in [-0.15, -0.1) is 0 Å². The Morgan fingerprint density at radius 3 is 2.57 bits per heavy atom. The lowest BCUT2D eigenvalue weighted by atomic mass is 10.2. The van der Waals surface area contributed by atoms with Crippen molar-refractivity contribution < 1.29 is 18.6 Å². The van der Waals surface area contributed by atoms with Gasteiger partial charge in [-0.1, -0.05) is 0 Å². The molecule has 0 fully saturated rings. The van der Waals surface area contributed by atoms with E-state index in [0.717, 1.165) is 18.2 Å². The van der Waals surface area contributed by atoms with E-state index in [1.807, 2.05) is 0 Å². The molecule has 0 saturated heterocycles. The van der Waals surface area contributed by atoms with Crippen molar-refractivity contribution >= 4 is 22.3 Å². The average molecular weight is 380 g/mol. The summed E-state index contributed by atoms with van der Waals surface area (Å²) in [5.74, 6) is -0.844. The molecule has 0 amide bonds. The number of halogens is 2. The minimum absolute atomic E-state index is 0.0321. The van der Waals surface area contributed by atoms with E-state index >= 15 is 0 Å². The molecule has 0 saturated carbocycles. The fourth-order valence-electron chi connectivity index (χ4n) is 2.71. The summed E-state index contributed by atoms with van der Waals surface area (Å²) in [5.41, 5.74) is 1.19. The summed E-state index contributed by atoms with van der Waals surface area (Å²) >= 11 is 0. The SMILES string of the molecule is CN(c1ccc(Oc2nc(O)c3ccncc3n2)cc1)c1cc(F)ccc1F. The molecule has 0 aliphatic heterocycles. The van der Waals surface area contributed by atoms with E-state index in [1.165, 1.54) is 17.3 Å². The van der Waals surface area contributed by atoms with Gasteiger partial charge in [0, 0.05) is 25.0 Å². The first-order valence-corrected chi connectivity index (χ1v) is 8.29. The molecule has 4 rings (SSSR count). The second-order valence-corrected chi connectivity index (χ2v) is 5.97. The van der Waals surface area contributed by atoms with Crippen LogP contribution < -0.4 is 9.64 Å². The monoisotopic (exact) mass is 380 g/mol. The molecule has 28 heavy (non-hydrogen) atoms. The fourth-order valence-corrected chi connectivity index (χ4v) is 2.71. The Morgan fingerprint density at radius 2 is 1.79 bits per heavy atom. The number of nitrogens with zero attached hydrogens (tertiary/aromatic N) is 4. The van der Waals surface area contributed by atoms with Crippen LogP contribution in [-0.2, 0) is 0 Å². The van der Waals surface area contributed by atoms with Crippen molar-refractivity contribution in [3.8, 4) is 17.6 Å². The van der Waals surface area contributed by atoms with Gasteiger partial charge in [0.2, 0.25) is 5.88 Å². The molecule has 0 spiro atoms. The van der Waals surface area contributed by atoms with Crippen LogP contribution in [0.25, 0.3) is 10.9 Å². The summed E-state index contributed by atoms with van der Waals surface area (Å²) in [6.45, 7) is 0. The summed E-state index contributed by atoms with van der Waals surface area (Å²) in [7, 11) is 1.63. The minimum atomic E-state index is -0.530. The van der Waals surface area contributed by atoms with Crippen LogP contribution in [0.2, 0.25) is 0 Å². The van der Waals surface area contributed by atoms with Gasteiger partial charge in [-0.25, -0.2) is 8.78 Å². The smallest absolute Gasteiger partial charge is 0.325 e. The molecule has 4 aromatic rings. The fraction of sp³-hybridized carbons (Fsp3) is 0.0500. The van der Waals surface area contributed by atoms with Gasteiger partial charge in [-0.05, 0) is 42.5 Å². The van der Waals surface area contributed by atoms with Gasteiger partial charge < -0.3 is 14.7 Å². The molecular weight excluding hydrogens is 366 g/mol. The molecule has 140 valence electrons. The summed E-state index contributed by atoms with van der Waals surface area (Å²) in [5, 5.41) is 10.5. The lowest BCUT2D eigenvalue weighted by molar-refractivity contribution is 0.412. The van der Waals surface area contributed by atoms with Crippen LogP contribution in [0.3, 0.4) is 0 Å². The van der Waals surface area contributed by atoms with Gasteiger partial charge in [0.1, 0.15) is 17.4 Å². The molecule has 8 heteroatoms. The second kappa shape index (κ2) is 7.07. The van der Waals surface area contributed by atoms with Crippen LogP contribution in [-0.4, -0.2) is 27.1 Å².